The van der Waals surface area contributed by atoms with Crippen LogP contribution in [0.4, 0.5) is 0 Å². The summed E-state index contributed by atoms with van der Waals surface area (Å²) in [6.07, 6.45) is 3.48. The summed E-state index contributed by atoms with van der Waals surface area (Å²) in [6, 6.07) is 0.159. The zero-order valence-corrected chi connectivity index (χ0v) is 6.32. The highest BCUT2D eigenvalue weighted by Crippen LogP contribution is 2.06. The highest BCUT2D eigenvalue weighted by atomic mass is 16.1. The second kappa shape index (κ2) is 3.95. The number of piperidine rings is 1. The Kier molecular flexibility index (Phi) is 2.89. The third kappa shape index (κ3) is 2.22. The minimum Gasteiger partial charge on any atom is -0.354 e. The van der Waals surface area contributed by atoms with Crippen molar-refractivity contribution in [3.63, 3.8) is 0 Å². The van der Waals surface area contributed by atoms with Gasteiger partial charge in [-0.05, 0) is 12.8 Å². The molecule has 62 valence electrons. The third-order valence-electron chi connectivity index (χ3n) is 1.91. The van der Waals surface area contributed by atoms with Crippen LogP contribution >= 0.6 is 0 Å². The average molecular weight is 156 g/mol. The average Bonchev–Trinajstić information content (AvgIpc) is 2.06. The summed E-state index contributed by atoms with van der Waals surface area (Å²) in [7, 11) is 0. The van der Waals surface area contributed by atoms with E-state index < -0.39 is 0 Å². The van der Waals surface area contributed by atoms with Gasteiger partial charge in [0.2, 0.25) is 12.8 Å². The Hall–Kier alpha value is -1.06. The Balaban J connectivity index is 2.32. The van der Waals surface area contributed by atoms with Crippen LogP contribution < -0.4 is 5.32 Å². The zero-order chi connectivity index (χ0) is 8.10. The first-order valence-corrected chi connectivity index (χ1v) is 3.76. The van der Waals surface area contributed by atoms with Crippen LogP contribution in [0.25, 0.3) is 0 Å². The molecular formula is C7H12N2O2. The second-order valence-corrected chi connectivity index (χ2v) is 2.72. The Labute approximate surface area is 65.6 Å². The maximum atomic E-state index is 10.3. The first-order valence-electron chi connectivity index (χ1n) is 3.76. The minimum atomic E-state index is 0.159. The van der Waals surface area contributed by atoms with Gasteiger partial charge in [-0.2, -0.15) is 0 Å². The Morgan fingerprint density at radius 1 is 1.45 bits per heavy atom. The quantitative estimate of drug-likeness (QED) is 0.552. The molecule has 0 radical (unpaired) electrons. The van der Waals surface area contributed by atoms with Crippen molar-refractivity contribution >= 4 is 12.8 Å². The number of hydrogen-bond donors (Lipinski definition) is 1. The van der Waals surface area contributed by atoms with E-state index in [9.17, 15) is 9.59 Å². The number of carbonyl (C=O) groups is 2. The fraction of sp³-hybridized carbons (Fsp3) is 0.714. The van der Waals surface area contributed by atoms with Crippen molar-refractivity contribution in [2.24, 2.45) is 0 Å². The van der Waals surface area contributed by atoms with Crippen LogP contribution in [0, 0.1) is 0 Å². The molecule has 1 N–H and O–H groups in total. The van der Waals surface area contributed by atoms with Gasteiger partial charge in [0.05, 0.1) is 0 Å². The van der Waals surface area contributed by atoms with Crippen molar-refractivity contribution in [2.75, 3.05) is 13.1 Å². The molecule has 1 aliphatic heterocycles. The van der Waals surface area contributed by atoms with Crippen molar-refractivity contribution in [3.8, 4) is 0 Å². The normalized spacial score (nSPS) is 24.4. The molecule has 2 amide bonds. The summed E-state index contributed by atoms with van der Waals surface area (Å²) in [6.45, 7) is 1.47. The Bertz CT molecular complexity index is 149. The van der Waals surface area contributed by atoms with E-state index in [2.05, 4.69) is 5.32 Å². The van der Waals surface area contributed by atoms with Gasteiger partial charge in [-0.1, -0.05) is 0 Å². The molecule has 0 saturated carbocycles. The van der Waals surface area contributed by atoms with Gasteiger partial charge in [-0.25, -0.2) is 0 Å². The number of hydrogen-bond acceptors (Lipinski definition) is 2. The topological polar surface area (TPSA) is 49.4 Å². The van der Waals surface area contributed by atoms with E-state index in [4.69, 9.17) is 0 Å². The molecule has 1 heterocycles. The van der Waals surface area contributed by atoms with E-state index in [0.29, 0.717) is 13.0 Å². The zero-order valence-electron chi connectivity index (χ0n) is 6.32. The van der Waals surface area contributed by atoms with Gasteiger partial charge >= 0.3 is 0 Å². The van der Waals surface area contributed by atoms with Crippen LogP contribution in [0.2, 0.25) is 0 Å². The van der Waals surface area contributed by atoms with Gasteiger partial charge in [-0.15, -0.1) is 0 Å². The highest BCUT2D eigenvalue weighted by molar-refractivity contribution is 5.49. The second-order valence-electron chi connectivity index (χ2n) is 2.72. The summed E-state index contributed by atoms with van der Waals surface area (Å²) >= 11 is 0. The number of rotatable bonds is 3. The SMILES string of the molecule is O=CNC1CCCN(C=O)C1. The van der Waals surface area contributed by atoms with E-state index >= 15 is 0 Å². The van der Waals surface area contributed by atoms with Gasteiger partial charge < -0.3 is 10.2 Å². The maximum Gasteiger partial charge on any atom is 0.209 e. The van der Waals surface area contributed by atoms with Gasteiger partial charge in [0.15, 0.2) is 0 Å². The van der Waals surface area contributed by atoms with E-state index in [-0.39, 0.29) is 6.04 Å². The molecular weight excluding hydrogens is 144 g/mol. The van der Waals surface area contributed by atoms with Crippen LogP contribution in [0.1, 0.15) is 12.8 Å². The highest BCUT2D eigenvalue weighted by Gasteiger charge is 2.16. The minimum absolute atomic E-state index is 0.159. The molecule has 0 aromatic carbocycles. The third-order valence-corrected chi connectivity index (χ3v) is 1.91. The lowest BCUT2D eigenvalue weighted by Gasteiger charge is -2.29. The number of nitrogens with one attached hydrogen (secondary N) is 1. The van der Waals surface area contributed by atoms with Crippen molar-refractivity contribution in [2.45, 2.75) is 18.9 Å². The summed E-state index contributed by atoms with van der Waals surface area (Å²) in [5.74, 6) is 0. The molecule has 1 saturated heterocycles. The van der Waals surface area contributed by atoms with Gasteiger partial charge in [-0.3, -0.25) is 9.59 Å². The molecule has 1 atom stereocenters. The lowest BCUT2D eigenvalue weighted by Crippen LogP contribution is -2.44. The predicted octanol–water partition coefficient (Wildman–Crippen LogP) is -0.647. The van der Waals surface area contributed by atoms with Crippen LogP contribution in [0.5, 0.6) is 0 Å². The van der Waals surface area contributed by atoms with E-state index in [0.717, 1.165) is 25.8 Å². The molecule has 11 heavy (non-hydrogen) atoms. The van der Waals surface area contributed by atoms with Crippen molar-refractivity contribution in [1.29, 1.82) is 0 Å². The van der Waals surface area contributed by atoms with Crippen molar-refractivity contribution in [3.05, 3.63) is 0 Å². The van der Waals surface area contributed by atoms with Crippen LogP contribution in [0.15, 0.2) is 0 Å². The molecule has 4 heteroatoms. The maximum absolute atomic E-state index is 10.3. The van der Waals surface area contributed by atoms with Gasteiger partial charge in [0.1, 0.15) is 0 Å². The van der Waals surface area contributed by atoms with Crippen LogP contribution in [-0.4, -0.2) is 36.9 Å². The molecule has 1 rings (SSSR count). The lowest BCUT2D eigenvalue weighted by atomic mass is 10.1. The molecule has 1 unspecified atom stereocenters. The first kappa shape index (κ1) is 8.04. The smallest absolute Gasteiger partial charge is 0.209 e. The van der Waals surface area contributed by atoms with Gasteiger partial charge in [0, 0.05) is 19.1 Å². The fourth-order valence-corrected chi connectivity index (χ4v) is 1.33. The molecule has 1 aliphatic rings. The van der Waals surface area contributed by atoms with Crippen molar-refractivity contribution < 1.29 is 9.59 Å². The molecule has 1 fully saturated rings. The van der Waals surface area contributed by atoms with E-state index in [1.54, 1.807) is 4.90 Å². The summed E-state index contributed by atoms with van der Waals surface area (Å²) in [4.78, 5) is 22.1. The number of likely N-dealkylation sites (tertiary alicyclic amines) is 1. The molecule has 4 nitrogen and oxygen atoms in total. The lowest BCUT2D eigenvalue weighted by molar-refractivity contribution is -0.120. The van der Waals surface area contributed by atoms with Crippen LogP contribution in [-0.2, 0) is 9.59 Å². The molecule has 0 bridgehead atoms. The van der Waals surface area contributed by atoms with Gasteiger partial charge in [0.25, 0.3) is 0 Å². The molecule has 0 aromatic rings. The van der Waals surface area contributed by atoms with Crippen molar-refractivity contribution in [1.82, 2.24) is 10.2 Å². The number of amides is 2. The largest absolute Gasteiger partial charge is 0.354 e. The number of carbonyl (C=O) groups excluding carboxylic acids is 2. The summed E-state index contributed by atoms with van der Waals surface area (Å²) in [5, 5.41) is 2.67. The van der Waals surface area contributed by atoms with Crippen LogP contribution in [0.3, 0.4) is 0 Å². The summed E-state index contributed by atoms with van der Waals surface area (Å²) < 4.78 is 0. The Morgan fingerprint density at radius 2 is 2.27 bits per heavy atom. The molecule has 0 aromatic heterocycles. The predicted molar refractivity (Wildman–Crippen MR) is 39.9 cm³/mol. The monoisotopic (exact) mass is 156 g/mol. The Morgan fingerprint density at radius 3 is 2.91 bits per heavy atom. The first-order chi connectivity index (χ1) is 5.36. The number of nitrogens with zero attached hydrogens (tertiary/aromatic N) is 1. The standard InChI is InChI=1S/C7H12N2O2/c10-5-8-7-2-1-3-9(4-7)6-11/h5-7H,1-4H2,(H,8,10). The fourth-order valence-electron chi connectivity index (χ4n) is 1.33. The van der Waals surface area contributed by atoms with E-state index in [1.807, 2.05) is 0 Å². The molecule has 0 spiro atoms. The van der Waals surface area contributed by atoms with E-state index in [1.165, 1.54) is 0 Å². The summed E-state index contributed by atoms with van der Waals surface area (Å²) in [5.41, 5.74) is 0. The molecule has 0 aliphatic carbocycles.